The molecule has 0 bridgehead atoms. The third kappa shape index (κ3) is 21.6. The van der Waals surface area contributed by atoms with Gasteiger partial charge in [0.15, 0.2) is 6.04 Å². The molecule has 4 amide bonds. The standard InChI is InChI=1S/C46H73N5O10.Fe/c1-3-4-5-6-7-8-9-10-11-12-13-14-15-16-17-18-19-30-42(54)50(58)31-24-23-28-38(48-43(55)39-34-60-44(49-39)36-26-20-21-29-40(36)52)46(57)61-35(2)33-41(53)47-37-27-22-25-32-51(59)45(37)56;/h20-21,26,29,35,37-39,52H,3-19,22-25,27-28,30-34H2,1-2H3,(H,47,53)(H,48,55);/q-2;+6/p-1/t35-,37+,38+,39-;/m1./s1. The normalized spacial score (nSPS) is 17.2. The number of para-hydroxylation sites is 1. The van der Waals surface area contributed by atoms with Gasteiger partial charge in [-0.15, -0.1) is 0 Å². The summed E-state index contributed by atoms with van der Waals surface area (Å²) in [7, 11) is 0. The van der Waals surface area contributed by atoms with Crippen LogP contribution in [0.15, 0.2) is 29.3 Å². The van der Waals surface area contributed by atoms with Gasteiger partial charge in [0.25, 0.3) is 0 Å². The van der Waals surface area contributed by atoms with Gasteiger partial charge in [0.1, 0.15) is 24.8 Å². The molecule has 346 valence electrons. The molecule has 15 nitrogen and oxygen atoms in total. The SMILES string of the molecule is CCCCCCCCCCCCCCCCCCCC(=O)N([O-])CCCC[C@H](NC(=O)[C@H]1COC(c2ccccc2[O-])=N1)C(=O)O[C@H](C)CC(=O)N[C@H]1CCCCN([O-])C1=O.[Fe+6]. The number of amides is 4. The molecule has 1 aromatic rings. The molecular weight excluding hydrogens is 838 g/mol. The van der Waals surface area contributed by atoms with Crippen molar-refractivity contribution in [2.45, 2.75) is 199 Å². The Labute approximate surface area is 379 Å². The molecule has 2 N–H and O–H groups in total. The van der Waals surface area contributed by atoms with Crippen molar-refractivity contribution in [2.24, 2.45) is 4.99 Å². The van der Waals surface area contributed by atoms with Crippen molar-refractivity contribution >= 4 is 35.5 Å². The van der Waals surface area contributed by atoms with Gasteiger partial charge in [-0.05, 0) is 51.9 Å². The van der Waals surface area contributed by atoms with E-state index in [2.05, 4.69) is 22.5 Å². The Kier molecular flexibility index (Phi) is 28.1. The summed E-state index contributed by atoms with van der Waals surface area (Å²) in [5.41, 5.74) is 0.205. The van der Waals surface area contributed by atoms with E-state index in [4.69, 9.17) is 9.47 Å². The van der Waals surface area contributed by atoms with E-state index in [0.29, 0.717) is 35.8 Å². The van der Waals surface area contributed by atoms with E-state index in [0.717, 1.165) is 19.3 Å². The van der Waals surface area contributed by atoms with Gasteiger partial charge in [0.2, 0.25) is 29.5 Å². The smallest absolute Gasteiger partial charge is 0.872 e. The van der Waals surface area contributed by atoms with Crippen molar-refractivity contribution in [3.8, 4) is 5.75 Å². The van der Waals surface area contributed by atoms with E-state index in [1.165, 1.54) is 103 Å². The van der Waals surface area contributed by atoms with Crippen LogP contribution in [0.3, 0.4) is 0 Å². The van der Waals surface area contributed by atoms with Crippen molar-refractivity contribution < 1.29 is 55.6 Å². The zero-order chi connectivity index (χ0) is 44.2. The zero-order valence-corrected chi connectivity index (χ0v) is 38.3. The van der Waals surface area contributed by atoms with Crippen LogP contribution in [0.25, 0.3) is 0 Å². The summed E-state index contributed by atoms with van der Waals surface area (Å²) in [5, 5.41) is 42.8. The summed E-state index contributed by atoms with van der Waals surface area (Å²) in [6, 6.07) is 2.92. The van der Waals surface area contributed by atoms with Gasteiger partial charge in [-0.2, -0.15) is 0 Å². The Morgan fingerprint density at radius 2 is 1.48 bits per heavy atom. The molecule has 2 aliphatic heterocycles. The van der Waals surface area contributed by atoms with Crippen LogP contribution in [0.4, 0.5) is 0 Å². The number of nitrogens with one attached hydrogen (secondary N) is 2. The molecule has 1 aromatic carbocycles. The first-order valence-electron chi connectivity index (χ1n) is 23.2. The second-order valence-electron chi connectivity index (χ2n) is 16.7. The molecule has 0 aromatic heterocycles. The molecule has 0 spiro atoms. The third-order valence-corrected chi connectivity index (χ3v) is 11.3. The van der Waals surface area contributed by atoms with Gasteiger partial charge in [0, 0.05) is 25.1 Å². The number of carbonyl (C=O) groups is 5. The number of hydrogen-bond donors (Lipinski definition) is 2. The van der Waals surface area contributed by atoms with Crippen LogP contribution in [0.2, 0.25) is 0 Å². The minimum Gasteiger partial charge on any atom is -0.872 e. The maximum absolute atomic E-state index is 13.4. The van der Waals surface area contributed by atoms with Gasteiger partial charge in [-0.3, -0.25) is 19.2 Å². The van der Waals surface area contributed by atoms with E-state index in [9.17, 15) is 39.5 Å². The fraction of sp³-hybridized carbons (Fsp3) is 0.739. The van der Waals surface area contributed by atoms with Crippen molar-refractivity contribution in [2.75, 3.05) is 19.7 Å². The Hall–Kier alpha value is -3.72. The molecule has 2 heterocycles. The van der Waals surface area contributed by atoms with E-state index in [-0.39, 0.29) is 86.1 Å². The maximum Gasteiger partial charge on any atom is 6.00 e. The summed E-state index contributed by atoms with van der Waals surface area (Å²) in [4.78, 5) is 68.6. The van der Waals surface area contributed by atoms with Crippen LogP contribution in [0.1, 0.15) is 180 Å². The summed E-state index contributed by atoms with van der Waals surface area (Å²) >= 11 is 0. The van der Waals surface area contributed by atoms with Crippen molar-refractivity contribution in [1.29, 1.82) is 0 Å². The van der Waals surface area contributed by atoms with E-state index >= 15 is 0 Å². The van der Waals surface area contributed by atoms with Crippen LogP contribution >= 0.6 is 0 Å². The van der Waals surface area contributed by atoms with Crippen molar-refractivity contribution in [3.05, 3.63) is 40.2 Å². The predicted octanol–water partition coefficient (Wildman–Crippen LogP) is 7.24. The molecular formula is C46H72FeN5O10+3. The molecule has 2 aliphatic rings. The first-order valence-corrected chi connectivity index (χ1v) is 23.2. The number of rotatable bonds is 31. The average molecular weight is 911 g/mol. The first-order chi connectivity index (χ1) is 29.5. The van der Waals surface area contributed by atoms with Crippen molar-refractivity contribution in [3.63, 3.8) is 0 Å². The van der Waals surface area contributed by atoms with Crippen LogP contribution < -0.4 is 15.7 Å². The third-order valence-electron chi connectivity index (χ3n) is 11.3. The Balaban J connectivity index is 0.0000132. The topological polar surface area (TPSA) is 216 Å². The Morgan fingerprint density at radius 3 is 2.10 bits per heavy atom. The van der Waals surface area contributed by atoms with Gasteiger partial charge in [-0.1, -0.05) is 140 Å². The molecule has 4 atom stereocenters. The van der Waals surface area contributed by atoms with E-state index in [1.54, 1.807) is 12.1 Å². The fourth-order valence-corrected chi connectivity index (χ4v) is 7.65. The summed E-state index contributed by atoms with van der Waals surface area (Å²) in [6.45, 7) is 3.60. The molecule has 0 aliphatic carbocycles. The number of hydroxylamine groups is 4. The van der Waals surface area contributed by atoms with Crippen LogP contribution in [-0.2, 0) is 50.5 Å². The summed E-state index contributed by atoms with van der Waals surface area (Å²) in [5.74, 6) is -3.53. The van der Waals surface area contributed by atoms with Crippen LogP contribution in [0, 0.1) is 10.4 Å². The van der Waals surface area contributed by atoms with Crippen LogP contribution in [-0.4, -0.2) is 89.5 Å². The number of benzene rings is 1. The van der Waals surface area contributed by atoms with Gasteiger partial charge >= 0.3 is 23.0 Å². The molecule has 0 radical (unpaired) electrons. The number of nitrogens with zero attached hydrogens (tertiary/aromatic N) is 3. The molecule has 0 saturated carbocycles. The molecule has 1 saturated heterocycles. The van der Waals surface area contributed by atoms with Gasteiger partial charge < -0.3 is 45.8 Å². The molecule has 3 rings (SSSR count). The summed E-state index contributed by atoms with van der Waals surface area (Å²) in [6.07, 6.45) is 22.0. The summed E-state index contributed by atoms with van der Waals surface area (Å²) < 4.78 is 11.1. The minimum atomic E-state index is -1.19. The van der Waals surface area contributed by atoms with Gasteiger partial charge in [-0.25, -0.2) is 9.79 Å². The quantitative estimate of drug-likeness (QED) is 0.0329. The predicted molar refractivity (Wildman–Crippen MR) is 233 cm³/mol. The van der Waals surface area contributed by atoms with Crippen LogP contribution in [0.5, 0.6) is 5.75 Å². The average Bonchev–Trinajstić information content (AvgIpc) is 3.68. The number of hydrogen-bond acceptors (Lipinski definition) is 11. The first kappa shape index (κ1) is 54.4. The number of ether oxygens (including phenoxy) is 2. The largest absolute Gasteiger partial charge is 6.00 e. The number of unbranched alkanes of at least 4 members (excludes halogenated alkanes) is 17. The number of carbonyl (C=O) groups excluding carboxylic acids is 5. The number of aliphatic imine (C=N–C) groups is 1. The Bertz CT molecular complexity index is 1520. The monoisotopic (exact) mass is 910 g/mol. The molecule has 1 fully saturated rings. The Morgan fingerprint density at radius 1 is 0.887 bits per heavy atom. The van der Waals surface area contributed by atoms with E-state index in [1.807, 2.05) is 0 Å². The second-order valence-corrected chi connectivity index (χ2v) is 16.7. The van der Waals surface area contributed by atoms with Crippen molar-refractivity contribution in [1.82, 2.24) is 20.8 Å². The number of esters is 1. The zero-order valence-electron chi connectivity index (χ0n) is 37.2. The molecule has 16 heteroatoms. The second kappa shape index (κ2) is 32.0. The molecule has 0 unspecified atom stereocenters. The van der Waals surface area contributed by atoms with E-state index < -0.39 is 53.8 Å². The minimum absolute atomic E-state index is 0. The maximum atomic E-state index is 13.4. The molecule has 62 heavy (non-hydrogen) atoms. The fourth-order valence-electron chi connectivity index (χ4n) is 7.65. The van der Waals surface area contributed by atoms with Gasteiger partial charge in [0.05, 0.1) is 6.42 Å².